The van der Waals surface area contributed by atoms with E-state index in [-0.39, 0.29) is 30.1 Å². The summed E-state index contributed by atoms with van der Waals surface area (Å²) >= 11 is 0. The van der Waals surface area contributed by atoms with Crippen molar-refractivity contribution in [1.82, 2.24) is 25.9 Å². The van der Waals surface area contributed by atoms with Crippen LogP contribution in [0.5, 0.6) is 0 Å². The molecule has 3 rings (SSSR count). The summed E-state index contributed by atoms with van der Waals surface area (Å²) in [5.41, 5.74) is 2.83. The van der Waals surface area contributed by atoms with Crippen LogP contribution in [0.2, 0.25) is 0 Å². The lowest BCUT2D eigenvalue weighted by Gasteiger charge is -2.24. The SMILES string of the molecule is CC(C)C(CC[C@@H](CNC(=O)c1nc2ccc(-c3ccc(F)cc3)cc2[nH]1)NC(=O)O)NC(=O)O. The van der Waals surface area contributed by atoms with Gasteiger partial charge in [0.15, 0.2) is 5.82 Å². The molecule has 10 nitrogen and oxygen atoms in total. The second-order valence-corrected chi connectivity index (χ2v) is 8.56. The zero-order valence-corrected chi connectivity index (χ0v) is 19.3. The summed E-state index contributed by atoms with van der Waals surface area (Å²) in [7, 11) is 0. The number of benzene rings is 2. The maximum atomic E-state index is 13.2. The zero-order chi connectivity index (χ0) is 25.5. The second kappa shape index (κ2) is 11.3. The molecule has 6 N–H and O–H groups in total. The summed E-state index contributed by atoms with van der Waals surface area (Å²) in [6, 6.07) is 10.5. The van der Waals surface area contributed by atoms with E-state index in [1.54, 1.807) is 18.2 Å². The molecule has 2 aromatic carbocycles. The summed E-state index contributed by atoms with van der Waals surface area (Å²) in [4.78, 5) is 42.1. The van der Waals surface area contributed by atoms with Gasteiger partial charge in [-0.2, -0.15) is 0 Å². The lowest BCUT2D eigenvalue weighted by Crippen LogP contribution is -2.45. The van der Waals surface area contributed by atoms with E-state index in [0.717, 1.165) is 11.1 Å². The number of aromatic amines is 1. The molecule has 186 valence electrons. The fourth-order valence-electron chi connectivity index (χ4n) is 3.75. The lowest BCUT2D eigenvalue weighted by molar-refractivity contribution is 0.0938. The van der Waals surface area contributed by atoms with Crippen molar-refractivity contribution in [2.45, 2.75) is 38.8 Å². The molecule has 0 aliphatic carbocycles. The molecule has 1 aromatic heterocycles. The highest BCUT2D eigenvalue weighted by molar-refractivity contribution is 5.95. The fourth-order valence-corrected chi connectivity index (χ4v) is 3.75. The first-order valence-electron chi connectivity index (χ1n) is 11.1. The van der Waals surface area contributed by atoms with Crippen LogP contribution in [0.4, 0.5) is 14.0 Å². The molecule has 0 spiro atoms. The fraction of sp³-hybridized carbons (Fsp3) is 0.333. The van der Waals surface area contributed by atoms with Gasteiger partial charge in [-0.05, 0) is 54.2 Å². The topological polar surface area (TPSA) is 156 Å². The van der Waals surface area contributed by atoms with Crippen LogP contribution in [0, 0.1) is 11.7 Å². The minimum Gasteiger partial charge on any atom is -0.465 e. The zero-order valence-electron chi connectivity index (χ0n) is 19.3. The Morgan fingerprint density at radius 1 is 0.971 bits per heavy atom. The Labute approximate surface area is 201 Å². The highest BCUT2D eigenvalue weighted by Crippen LogP contribution is 2.23. The van der Waals surface area contributed by atoms with Gasteiger partial charge < -0.3 is 31.1 Å². The number of rotatable bonds is 10. The highest BCUT2D eigenvalue weighted by atomic mass is 19.1. The van der Waals surface area contributed by atoms with Crippen LogP contribution in [-0.2, 0) is 0 Å². The number of nitrogens with one attached hydrogen (secondary N) is 4. The van der Waals surface area contributed by atoms with Crippen molar-refractivity contribution in [3.8, 4) is 11.1 Å². The number of H-pyrrole nitrogens is 1. The first kappa shape index (κ1) is 25.5. The number of halogens is 1. The van der Waals surface area contributed by atoms with Crippen LogP contribution in [0.15, 0.2) is 42.5 Å². The van der Waals surface area contributed by atoms with Gasteiger partial charge in [-0.3, -0.25) is 4.79 Å². The van der Waals surface area contributed by atoms with Gasteiger partial charge >= 0.3 is 12.2 Å². The van der Waals surface area contributed by atoms with E-state index in [9.17, 15) is 18.8 Å². The van der Waals surface area contributed by atoms with Crippen LogP contribution in [0.3, 0.4) is 0 Å². The van der Waals surface area contributed by atoms with Crippen molar-refractivity contribution in [3.05, 3.63) is 54.1 Å². The van der Waals surface area contributed by atoms with E-state index in [1.807, 2.05) is 26.0 Å². The Balaban J connectivity index is 1.66. The van der Waals surface area contributed by atoms with Crippen molar-refractivity contribution in [1.29, 1.82) is 0 Å². The van der Waals surface area contributed by atoms with E-state index >= 15 is 0 Å². The first-order chi connectivity index (χ1) is 16.6. The van der Waals surface area contributed by atoms with Crippen LogP contribution in [0.25, 0.3) is 22.2 Å². The molecule has 0 fully saturated rings. The molecular formula is C24H28FN5O5. The smallest absolute Gasteiger partial charge is 0.404 e. The maximum absolute atomic E-state index is 13.2. The number of carbonyl (C=O) groups excluding carboxylic acids is 1. The summed E-state index contributed by atoms with van der Waals surface area (Å²) < 4.78 is 13.2. The molecule has 1 heterocycles. The summed E-state index contributed by atoms with van der Waals surface area (Å²) in [5.74, 6) is -0.755. The van der Waals surface area contributed by atoms with Crippen LogP contribution < -0.4 is 16.0 Å². The molecule has 0 saturated carbocycles. The average Bonchev–Trinajstić information content (AvgIpc) is 3.23. The number of hydrogen-bond acceptors (Lipinski definition) is 4. The number of aromatic nitrogens is 2. The largest absolute Gasteiger partial charge is 0.465 e. The second-order valence-electron chi connectivity index (χ2n) is 8.56. The van der Waals surface area contributed by atoms with Crippen molar-refractivity contribution in [3.63, 3.8) is 0 Å². The molecule has 0 saturated heterocycles. The van der Waals surface area contributed by atoms with E-state index in [1.165, 1.54) is 12.1 Å². The Bertz CT molecular complexity index is 1190. The normalized spacial score (nSPS) is 12.8. The predicted octanol–water partition coefficient (Wildman–Crippen LogP) is 3.81. The molecule has 1 unspecified atom stereocenters. The number of amides is 3. The van der Waals surface area contributed by atoms with Crippen LogP contribution in [-0.4, -0.2) is 56.9 Å². The molecule has 0 aliphatic heterocycles. The molecule has 0 bridgehead atoms. The highest BCUT2D eigenvalue weighted by Gasteiger charge is 2.21. The van der Waals surface area contributed by atoms with Gasteiger partial charge in [0.1, 0.15) is 5.82 Å². The monoisotopic (exact) mass is 485 g/mol. The van der Waals surface area contributed by atoms with Crippen molar-refractivity contribution >= 4 is 29.1 Å². The van der Waals surface area contributed by atoms with Gasteiger partial charge in [0.25, 0.3) is 5.91 Å². The Morgan fingerprint density at radius 3 is 2.26 bits per heavy atom. The Hall–Kier alpha value is -4.15. The third-order valence-corrected chi connectivity index (χ3v) is 5.65. The summed E-state index contributed by atoms with van der Waals surface area (Å²) in [6.07, 6.45) is -1.68. The standard InChI is InChI=1S/C24H28FN5O5/c1-13(2)18(30-24(34)35)10-8-17(27-23(32)33)12-26-22(31)21-28-19-9-5-15(11-20(19)29-21)14-3-6-16(25)7-4-14/h3-7,9,11,13,17-18,27,30H,8,10,12H2,1-2H3,(H,26,31)(H,28,29)(H,32,33)(H,34,35)/t17-,18?/m0/s1. The van der Waals surface area contributed by atoms with Crippen LogP contribution >= 0.6 is 0 Å². The predicted molar refractivity (Wildman–Crippen MR) is 128 cm³/mol. The maximum Gasteiger partial charge on any atom is 0.404 e. The van der Waals surface area contributed by atoms with Crippen LogP contribution in [0.1, 0.15) is 37.3 Å². The molecule has 11 heteroatoms. The van der Waals surface area contributed by atoms with Gasteiger partial charge in [0.2, 0.25) is 0 Å². The minimum absolute atomic E-state index is 0.000888. The van der Waals surface area contributed by atoms with E-state index in [2.05, 4.69) is 25.9 Å². The van der Waals surface area contributed by atoms with Gasteiger partial charge in [0.05, 0.1) is 11.0 Å². The number of nitrogens with zero attached hydrogens (tertiary/aromatic N) is 1. The van der Waals surface area contributed by atoms with E-state index in [4.69, 9.17) is 10.2 Å². The third kappa shape index (κ3) is 7.16. The van der Waals surface area contributed by atoms with E-state index in [0.29, 0.717) is 23.9 Å². The summed E-state index contributed by atoms with van der Waals surface area (Å²) in [5, 5.41) is 25.6. The number of carboxylic acid groups (broad SMARTS) is 2. The first-order valence-corrected chi connectivity index (χ1v) is 11.1. The molecular weight excluding hydrogens is 457 g/mol. The minimum atomic E-state index is -1.24. The van der Waals surface area contributed by atoms with E-state index < -0.39 is 24.1 Å². The lowest BCUT2D eigenvalue weighted by atomic mass is 9.97. The molecule has 2 atom stereocenters. The molecule has 3 aromatic rings. The average molecular weight is 486 g/mol. The molecule has 0 radical (unpaired) electrons. The number of carbonyl (C=O) groups is 3. The number of fused-ring (bicyclic) bond motifs is 1. The number of imidazole rings is 1. The third-order valence-electron chi connectivity index (χ3n) is 5.65. The number of hydrogen-bond donors (Lipinski definition) is 6. The van der Waals surface area contributed by atoms with Crippen molar-refractivity contribution < 1.29 is 29.0 Å². The Kier molecular flexibility index (Phi) is 8.24. The molecule has 0 aliphatic rings. The van der Waals surface area contributed by atoms with Gasteiger partial charge in [0, 0.05) is 18.6 Å². The van der Waals surface area contributed by atoms with Crippen molar-refractivity contribution in [2.75, 3.05) is 6.54 Å². The molecule has 3 amide bonds. The van der Waals surface area contributed by atoms with Crippen molar-refractivity contribution in [2.24, 2.45) is 5.92 Å². The van der Waals surface area contributed by atoms with Gasteiger partial charge in [-0.15, -0.1) is 0 Å². The van der Waals surface area contributed by atoms with Gasteiger partial charge in [-0.1, -0.05) is 32.0 Å². The Morgan fingerprint density at radius 2 is 1.63 bits per heavy atom. The summed E-state index contributed by atoms with van der Waals surface area (Å²) in [6.45, 7) is 3.73. The van der Waals surface area contributed by atoms with Gasteiger partial charge in [-0.25, -0.2) is 19.0 Å². The molecule has 35 heavy (non-hydrogen) atoms. The quantitative estimate of drug-likeness (QED) is 0.256.